The molecule has 4 heteroatoms. The Morgan fingerprint density at radius 1 is 1.00 bits per heavy atom. The third kappa shape index (κ3) is 5.09. The molecule has 0 aromatic heterocycles. The van der Waals surface area contributed by atoms with Crippen LogP contribution in [0.5, 0.6) is 5.75 Å². The lowest BCUT2D eigenvalue weighted by Crippen LogP contribution is -2.41. The van der Waals surface area contributed by atoms with E-state index in [9.17, 15) is 15.0 Å². The molecule has 2 aromatic carbocycles. The van der Waals surface area contributed by atoms with Crippen LogP contribution in [0.3, 0.4) is 0 Å². The van der Waals surface area contributed by atoms with Crippen molar-refractivity contribution in [2.45, 2.75) is 38.2 Å². The summed E-state index contributed by atoms with van der Waals surface area (Å²) in [5.74, 6) is 0.682. The zero-order valence-corrected chi connectivity index (χ0v) is 15.1. The summed E-state index contributed by atoms with van der Waals surface area (Å²) < 4.78 is 0. The van der Waals surface area contributed by atoms with Crippen LogP contribution in [0, 0.1) is 5.92 Å². The van der Waals surface area contributed by atoms with E-state index in [1.807, 2.05) is 47.4 Å². The highest BCUT2D eigenvalue weighted by molar-refractivity contribution is 5.76. The molecule has 0 spiro atoms. The molecular formula is C22H27NO3. The van der Waals surface area contributed by atoms with Gasteiger partial charge in [-0.1, -0.05) is 42.5 Å². The fraction of sp³-hybridized carbons (Fsp3) is 0.409. The molecule has 1 heterocycles. The number of nitrogens with zero attached hydrogens (tertiary/aromatic N) is 1. The molecule has 138 valence electrons. The third-order valence-electron chi connectivity index (χ3n) is 5.29. The van der Waals surface area contributed by atoms with Crippen molar-refractivity contribution in [1.82, 2.24) is 4.90 Å². The summed E-state index contributed by atoms with van der Waals surface area (Å²) in [6.45, 7) is 1.45. The van der Waals surface area contributed by atoms with E-state index >= 15 is 0 Å². The quantitative estimate of drug-likeness (QED) is 0.839. The molecule has 1 aliphatic rings. The number of likely N-dealkylation sites (tertiary alicyclic amines) is 1. The number of benzene rings is 2. The maximum absolute atomic E-state index is 12.4. The Bertz CT molecular complexity index is 691. The standard InChI is InChI=1S/C22H27NO3/c24-20-9-6-17(7-10-20)8-11-22(26)23-14-12-19(13-15-23)21(25)16-18-4-2-1-3-5-18/h1-7,9-10,19,21,24-25H,8,11-16H2/t21-/m0/s1. The number of phenols is 1. The Hall–Kier alpha value is -2.33. The van der Waals surface area contributed by atoms with E-state index in [-0.39, 0.29) is 23.7 Å². The van der Waals surface area contributed by atoms with E-state index in [1.165, 1.54) is 0 Å². The number of piperidine rings is 1. The van der Waals surface area contributed by atoms with E-state index in [0.717, 1.165) is 37.1 Å². The van der Waals surface area contributed by atoms with Gasteiger partial charge in [0, 0.05) is 19.5 Å². The predicted octanol–water partition coefficient (Wildman–Crippen LogP) is 3.17. The monoisotopic (exact) mass is 353 g/mol. The largest absolute Gasteiger partial charge is 0.508 e. The SMILES string of the molecule is O=C(CCc1ccc(O)cc1)N1CCC([C@@H](O)Cc2ccccc2)CC1. The summed E-state index contributed by atoms with van der Waals surface area (Å²) in [5, 5.41) is 19.8. The molecule has 4 nitrogen and oxygen atoms in total. The first-order valence-corrected chi connectivity index (χ1v) is 9.39. The zero-order valence-electron chi connectivity index (χ0n) is 15.1. The second kappa shape index (κ2) is 8.86. The molecule has 26 heavy (non-hydrogen) atoms. The molecule has 3 rings (SSSR count). The molecule has 1 fully saturated rings. The minimum Gasteiger partial charge on any atom is -0.508 e. The van der Waals surface area contributed by atoms with Crippen LogP contribution in [0.1, 0.15) is 30.4 Å². The normalized spacial score (nSPS) is 16.4. The van der Waals surface area contributed by atoms with Gasteiger partial charge < -0.3 is 15.1 Å². The van der Waals surface area contributed by atoms with Crippen molar-refractivity contribution in [2.75, 3.05) is 13.1 Å². The molecule has 2 aromatic rings. The highest BCUT2D eigenvalue weighted by atomic mass is 16.3. The molecule has 0 aliphatic carbocycles. The number of carbonyl (C=O) groups excluding carboxylic acids is 1. The summed E-state index contributed by atoms with van der Waals surface area (Å²) in [6.07, 6.45) is 3.24. The van der Waals surface area contributed by atoms with Crippen molar-refractivity contribution in [3.05, 3.63) is 65.7 Å². The molecule has 1 amide bonds. The van der Waals surface area contributed by atoms with E-state index < -0.39 is 0 Å². The first-order chi connectivity index (χ1) is 12.6. The van der Waals surface area contributed by atoms with E-state index in [2.05, 4.69) is 0 Å². The molecule has 1 aliphatic heterocycles. The number of aliphatic hydroxyl groups excluding tert-OH is 1. The van der Waals surface area contributed by atoms with Crippen molar-refractivity contribution in [2.24, 2.45) is 5.92 Å². The zero-order chi connectivity index (χ0) is 18.4. The van der Waals surface area contributed by atoms with Gasteiger partial charge in [-0.25, -0.2) is 0 Å². The molecule has 1 atom stereocenters. The van der Waals surface area contributed by atoms with Gasteiger partial charge in [0.25, 0.3) is 0 Å². The van der Waals surface area contributed by atoms with Gasteiger partial charge in [0.2, 0.25) is 5.91 Å². The second-order valence-electron chi connectivity index (χ2n) is 7.14. The summed E-state index contributed by atoms with van der Waals surface area (Å²) in [6, 6.07) is 17.1. The van der Waals surface area contributed by atoms with Gasteiger partial charge in [0.1, 0.15) is 5.75 Å². The average Bonchev–Trinajstić information content (AvgIpc) is 2.68. The summed E-state index contributed by atoms with van der Waals surface area (Å²) in [4.78, 5) is 14.3. The minimum atomic E-state index is -0.341. The van der Waals surface area contributed by atoms with E-state index in [4.69, 9.17) is 0 Å². The first kappa shape index (κ1) is 18.5. The van der Waals surface area contributed by atoms with Crippen LogP contribution in [0.4, 0.5) is 0 Å². The van der Waals surface area contributed by atoms with Crippen molar-refractivity contribution in [1.29, 1.82) is 0 Å². The number of phenolic OH excluding ortho intramolecular Hbond substituents is 1. The lowest BCUT2D eigenvalue weighted by Gasteiger charge is -2.34. The fourth-order valence-corrected chi connectivity index (χ4v) is 3.63. The average molecular weight is 353 g/mol. The van der Waals surface area contributed by atoms with Gasteiger partial charge in [-0.2, -0.15) is 0 Å². The lowest BCUT2D eigenvalue weighted by atomic mass is 9.88. The Kier molecular flexibility index (Phi) is 6.29. The van der Waals surface area contributed by atoms with Crippen LogP contribution in [0.2, 0.25) is 0 Å². The van der Waals surface area contributed by atoms with Gasteiger partial charge in [-0.05, 0) is 54.9 Å². The Morgan fingerprint density at radius 3 is 2.31 bits per heavy atom. The van der Waals surface area contributed by atoms with Crippen LogP contribution in [-0.2, 0) is 17.6 Å². The van der Waals surface area contributed by atoms with Crippen LogP contribution < -0.4 is 0 Å². The maximum Gasteiger partial charge on any atom is 0.222 e. The number of hydrogen-bond acceptors (Lipinski definition) is 3. The molecule has 0 radical (unpaired) electrons. The maximum atomic E-state index is 12.4. The van der Waals surface area contributed by atoms with Crippen LogP contribution in [0.15, 0.2) is 54.6 Å². The number of amides is 1. The topological polar surface area (TPSA) is 60.8 Å². The summed E-state index contributed by atoms with van der Waals surface area (Å²) in [5.41, 5.74) is 2.22. The number of carbonyl (C=O) groups is 1. The number of aliphatic hydroxyl groups is 1. The van der Waals surface area contributed by atoms with Crippen molar-refractivity contribution in [3.8, 4) is 5.75 Å². The number of rotatable bonds is 6. The number of aryl methyl sites for hydroxylation is 1. The van der Waals surface area contributed by atoms with Crippen molar-refractivity contribution < 1.29 is 15.0 Å². The van der Waals surface area contributed by atoms with Crippen molar-refractivity contribution in [3.63, 3.8) is 0 Å². The number of aromatic hydroxyl groups is 1. The number of hydrogen-bond donors (Lipinski definition) is 2. The van der Waals surface area contributed by atoms with Crippen LogP contribution in [-0.4, -0.2) is 40.2 Å². The van der Waals surface area contributed by atoms with Crippen LogP contribution in [0.25, 0.3) is 0 Å². The predicted molar refractivity (Wildman–Crippen MR) is 102 cm³/mol. The molecule has 0 unspecified atom stereocenters. The van der Waals surface area contributed by atoms with E-state index in [1.54, 1.807) is 12.1 Å². The molecule has 1 saturated heterocycles. The Morgan fingerprint density at radius 2 is 1.65 bits per heavy atom. The van der Waals surface area contributed by atoms with Gasteiger partial charge >= 0.3 is 0 Å². The van der Waals surface area contributed by atoms with Gasteiger partial charge in [0.05, 0.1) is 6.10 Å². The second-order valence-corrected chi connectivity index (χ2v) is 7.14. The molecule has 0 bridgehead atoms. The third-order valence-corrected chi connectivity index (χ3v) is 5.29. The van der Waals surface area contributed by atoms with Gasteiger partial charge in [-0.3, -0.25) is 4.79 Å². The first-order valence-electron chi connectivity index (χ1n) is 9.39. The molecule has 0 saturated carbocycles. The Balaban J connectivity index is 1.42. The van der Waals surface area contributed by atoms with Crippen LogP contribution >= 0.6 is 0 Å². The molecular weight excluding hydrogens is 326 g/mol. The summed E-state index contributed by atoms with van der Waals surface area (Å²) in [7, 11) is 0. The fourth-order valence-electron chi connectivity index (χ4n) is 3.63. The lowest BCUT2D eigenvalue weighted by molar-refractivity contribution is -0.133. The highest BCUT2D eigenvalue weighted by Crippen LogP contribution is 2.24. The van der Waals surface area contributed by atoms with Crippen molar-refractivity contribution >= 4 is 5.91 Å². The molecule has 2 N–H and O–H groups in total. The minimum absolute atomic E-state index is 0.175. The van der Waals surface area contributed by atoms with E-state index in [0.29, 0.717) is 19.3 Å². The smallest absolute Gasteiger partial charge is 0.222 e. The highest BCUT2D eigenvalue weighted by Gasteiger charge is 2.27. The van der Waals surface area contributed by atoms with Gasteiger partial charge in [-0.15, -0.1) is 0 Å². The Labute approximate surface area is 155 Å². The summed E-state index contributed by atoms with van der Waals surface area (Å²) >= 11 is 0. The van der Waals surface area contributed by atoms with Gasteiger partial charge in [0.15, 0.2) is 0 Å².